The van der Waals surface area contributed by atoms with Crippen molar-refractivity contribution in [1.29, 1.82) is 0 Å². The van der Waals surface area contributed by atoms with Crippen LogP contribution in [0.2, 0.25) is 5.02 Å². The van der Waals surface area contributed by atoms with Crippen LogP contribution >= 0.6 is 22.9 Å². The molecule has 2 aromatic heterocycles. The summed E-state index contributed by atoms with van der Waals surface area (Å²) < 4.78 is 38.8. The lowest BCUT2D eigenvalue weighted by atomic mass is 10.2. The minimum Gasteiger partial charge on any atom is -0.443 e. The van der Waals surface area contributed by atoms with Crippen molar-refractivity contribution in [2.75, 3.05) is 13.1 Å². The molecule has 3 heterocycles. The number of amides is 1. The summed E-state index contributed by atoms with van der Waals surface area (Å²) in [4.78, 5) is 17.8. The maximum Gasteiger partial charge on any atom is 0.251 e. The van der Waals surface area contributed by atoms with Gasteiger partial charge in [-0.15, -0.1) is 11.3 Å². The van der Waals surface area contributed by atoms with E-state index in [0.717, 1.165) is 4.88 Å². The number of sulfonamides is 1. The summed E-state index contributed by atoms with van der Waals surface area (Å²) in [7, 11) is -3.89. The molecule has 0 bridgehead atoms. The van der Waals surface area contributed by atoms with Crippen molar-refractivity contribution < 1.29 is 22.4 Å². The summed E-state index contributed by atoms with van der Waals surface area (Å²) in [5.41, 5.74) is 0.740. The van der Waals surface area contributed by atoms with Gasteiger partial charge in [0.1, 0.15) is 11.2 Å². The quantitative estimate of drug-likeness (QED) is 0.558. The van der Waals surface area contributed by atoms with Crippen LogP contribution in [-0.4, -0.2) is 48.9 Å². The smallest absolute Gasteiger partial charge is 0.251 e. The molecule has 0 unspecified atom stereocenters. The van der Waals surface area contributed by atoms with Crippen LogP contribution in [0.5, 0.6) is 0 Å². The number of nitrogens with one attached hydrogen (secondary N) is 1. The van der Waals surface area contributed by atoms with Crippen molar-refractivity contribution in [3.05, 3.63) is 58.3 Å². The van der Waals surface area contributed by atoms with E-state index >= 15 is 0 Å². The van der Waals surface area contributed by atoms with E-state index in [0.29, 0.717) is 11.6 Å². The van der Waals surface area contributed by atoms with E-state index in [9.17, 15) is 13.2 Å². The Labute approximate surface area is 195 Å². The van der Waals surface area contributed by atoms with E-state index in [1.807, 2.05) is 31.4 Å². The van der Waals surface area contributed by atoms with Crippen LogP contribution in [0.4, 0.5) is 0 Å². The summed E-state index contributed by atoms with van der Waals surface area (Å²) in [5, 5.41) is 4.72. The molecule has 11 heteroatoms. The van der Waals surface area contributed by atoms with E-state index in [4.69, 9.17) is 20.8 Å². The number of thiophene rings is 1. The highest BCUT2D eigenvalue weighted by Gasteiger charge is 2.33. The first-order valence-corrected chi connectivity index (χ1v) is 12.7. The maximum atomic E-state index is 13.2. The number of ether oxygens (including phenoxy) is 1. The van der Waals surface area contributed by atoms with E-state index in [1.165, 1.54) is 40.1 Å². The Morgan fingerprint density at radius 1 is 1.28 bits per heavy atom. The molecule has 3 aromatic rings. The van der Waals surface area contributed by atoms with Crippen LogP contribution in [0.25, 0.3) is 10.8 Å². The third kappa shape index (κ3) is 4.89. The zero-order valence-electron chi connectivity index (χ0n) is 17.4. The molecule has 1 fully saturated rings. The van der Waals surface area contributed by atoms with Crippen molar-refractivity contribution in [3.8, 4) is 10.8 Å². The largest absolute Gasteiger partial charge is 0.443 e. The van der Waals surface area contributed by atoms with E-state index in [-0.39, 0.29) is 47.3 Å². The van der Waals surface area contributed by atoms with Crippen LogP contribution in [0.15, 0.2) is 51.3 Å². The molecular formula is C21H22ClN3O5S2. The molecule has 170 valence electrons. The van der Waals surface area contributed by atoms with E-state index in [1.54, 1.807) is 0 Å². The third-order valence-electron chi connectivity index (χ3n) is 4.91. The number of nitrogens with zero attached hydrogens (tertiary/aromatic N) is 2. The third-order valence-corrected chi connectivity index (χ3v) is 8.08. The predicted molar refractivity (Wildman–Crippen MR) is 121 cm³/mol. The Balaban J connectivity index is 1.49. The molecule has 8 nitrogen and oxygen atoms in total. The normalized spacial score (nSPS) is 19.7. The number of morpholine rings is 1. The number of hydrogen-bond donors (Lipinski definition) is 1. The zero-order chi connectivity index (χ0) is 22.9. The topological polar surface area (TPSA) is 102 Å². The molecule has 2 atom stereocenters. The molecule has 1 N–H and O–H groups in total. The molecule has 0 aliphatic carbocycles. The highest BCUT2D eigenvalue weighted by atomic mass is 35.5. The van der Waals surface area contributed by atoms with Crippen molar-refractivity contribution in [2.24, 2.45) is 0 Å². The lowest BCUT2D eigenvalue weighted by molar-refractivity contribution is -0.0440. The Morgan fingerprint density at radius 3 is 2.72 bits per heavy atom. The minimum atomic E-state index is -3.89. The molecular weight excluding hydrogens is 474 g/mol. The van der Waals surface area contributed by atoms with Gasteiger partial charge in [-0.2, -0.15) is 4.31 Å². The second-order valence-corrected chi connectivity index (χ2v) is 10.8. The van der Waals surface area contributed by atoms with Gasteiger partial charge in [-0.1, -0.05) is 17.7 Å². The number of oxazole rings is 1. The Bertz CT molecular complexity index is 1200. The predicted octanol–water partition coefficient (Wildman–Crippen LogP) is 3.78. The molecule has 0 spiro atoms. The van der Waals surface area contributed by atoms with Crippen molar-refractivity contribution >= 4 is 38.9 Å². The number of carbonyl (C=O) groups excluding carboxylic acids is 1. The van der Waals surface area contributed by atoms with Gasteiger partial charge in [0.25, 0.3) is 5.91 Å². The Kier molecular flexibility index (Phi) is 6.68. The number of aromatic nitrogens is 1. The standard InChI is InChI=1S/C21H22ClN3O5S2/c1-13-10-25(11-14(2)30-13)32(27,28)19-8-15(5-6-17(19)22)20(26)23-9-16-12-29-21(24-16)18-4-3-7-31-18/h3-8,12-14H,9-11H2,1-2H3,(H,23,26)/t13-,14-/m1/s1. The first-order valence-electron chi connectivity index (χ1n) is 9.95. The van der Waals surface area contributed by atoms with Crippen LogP contribution in [0, 0.1) is 0 Å². The lowest BCUT2D eigenvalue weighted by Crippen LogP contribution is -2.48. The average Bonchev–Trinajstić information content (AvgIpc) is 3.43. The van der Waals surface area contributed by atoms with Crippen LogP contribution in [0.3, 0.4) is 0 Å². The lowest BCUT2D eigenvalue weighted by Gasteiger charge is -2.34. The number of halogens is 1. The molecule has 0 saturated carbocycles. The summed E-state index contributed by atoms with van der Waals surface area (Å²) >= 11 is 7.71. The summed E-state index contributed by atoms with van der Waals surface area (Å²) in [6, 6.07) is 8.00. The van der Waals surface area contributed by atoms with Gasteiger partial charge in [-0.05, 0) is 43.5 Å². The first-order chi connectivity index (χ1) is 15.2. The van der Waals surface area contributed by atoms with Crippen molar-refractivity contribution in [2.45, 2.75) is 37.5 Å². The van der Waals surface area contributed by atoms with Gasteiger partial charge < -0.3 is 14.5 Å². The number of benzene rings is 1. The Morgan fingerprint density at radius 2 is 2.03 bits per heavy atom. The second-order valence-electron chi connectivity index (χ2n) is 7.53. The second kappa shape index (κ2) is 9.32. The van der Waals surface area contributed by atoms with Gasteiger partial charge >= 0.3 is 0 Å². The monoisotopic (exact) mass is 495 g/mol. The van der Waals surface area contributed by atoms with Crippen LogP contribution < -0.4 is 5.32 Å². The summed E-state index contributed by atoms with van der Waals surface area (Å²) in [6.07, 6.45) is 1.01. The summed E-state index contributed by atoms with van der Waals surface area (Å²) in [5.74, 6) is 0.0422. The van der Waals surface area contributed by atoms with Crippen LogP contribution in [-0.2, 0) is 21.3 Å². The average molecular weight is 496 g/mol. The molecule has 32 heavy (non-hydrogen) atoms. The van der Waals surface area contributed by atoms with Gasteiger partial charge in [0.15, 0.2) is 0 Å². The fourth-order valence-corrected chi connectivity index (χ4v) is 6.23. The van der Waals surface area contributed by atoms with Gasteiger partial charge in [0.05, 0.1) is 34.3 Å². The minimum absolute atomic E-state index is 0.0606. The number of hydrogen-bond acceptors (Lipinski definition) is 7. The summed E-state index contributed by atoms with van der Waals surface area (Å²) in [6.45, 7) is 4.21. The molecule has 1 aromatic carbocycles. The highest BCUT2D eigenvalue weighted by Crippen LogP contribution is 2.28. The van der Waals surface area contributed by atoms with Gasteiger partial charge in [0.2, 0.25) is 15.9 Å². The molecule has 1 amide bonds. The molecule has 1 saturated heterocycles. The molecule has 4 rings (SSSR count). The Hall–Kier alpha value is -2.24. The van der Waals surface area contributed by atoms with E-state index < -0.39 is 15.9 Å². The fourth-order valence-electron chi connectivity index (χ4n) is 3.48. The van der Waals surface area contributed by atoms with Crippen molar-refractivity contribution in [3.63, 3.8) is 0 Å². The van der Waals surface area contributed by atoms with Gasteiger partial charge in [-0.3, -0.25) is 4.79 Å². The first kappa shape index (κ1) is 22.9. The van der Waals surface area contributed by atoms with Gasteiger partial charge in [-0.25, -0.2) is 13.4 Å². The molecule has 1 aliphatic heterocycles. The molecule has 0 radical (unpaired) electrons. The maximum absolute atomic E-state index is 13.2. The molecule has 1 aliphatic rings. The zero-order valence-corrected chi connectivity index (χ0v) is 19.8. The van der Waals surface area contributed by atoms with E-state index in [2.05, 4.69) is 10.3 Å². The fraction of sp³-hybridized carbons (Fsp3) is 0.333. The SMILES string of the molecule is C[C@@H]1CN(S(=O)(=O)c2cc(C(=O)NCc3coc(-c4cccs4)n3)ccc2Cl)C[C@@H](C)O1. The van der Waals surface area contributed by atoms with Crippen molar-refractivity contribution in [1.82, 2.24) is 14.6 Å². The van der Waals surface area contributed by atoms with Crippen LogP contribution in [0.1, 0.15) is 29.9 Å². The van der Waals surface area contributed by atoms with Gasteiger partial charge in [0, 0.05) is 18.7 Å². The number of carbonyl (C=O) groups is 1. The number of rotatable bonds is 6. The highest BCUT2D eigenvalue weighted by molar-refractivity contribution is 7.89.